The summed E-state index contributed by atoms with van der Waals surface area (Å²) in [6, 6.07) is -1.20. The average molecular weight is 861 g/mol. The Bertz CT molecular complexity index is 1820. The molecule has 1 fully saturated rings. The van der Waals surface area contributed by atoms with Gasteiger partial charge in [-0.05, 0) is 48.0 Å². The predicted molar refractivity (Wildman–Crippen MR) is 193 cm³/mol. The van der Waals surface area contributed by atoms with Crippen LogP contribution in [0.3, 0.4) is 0 Å². The van der Waals surface area contributed by atoms with Crippen LogP contribution in [-0.2, 0) is 42.3 Å². The van der Waals surface area contributed by atoms with E-state index < -0.39 is 105 Å². The molecule has 27 heteroatoms. The maximum Gasteiger partial charge on any atom is 0.512 e. The Morgan fingerprint density at radius 2 is 1.73 bits per heavy atom. The maximum atomic E-state index is 13.3. The van der Waals surface area contributed by atoms with Gasteiger partial charge in [0.1, 0.15) is 36.4 Å². The highest BCUT2D eigenvalue weighted by molar-refractivity contribution is 8.00. The topological polar surface area (TPSA) is 331 Å². The second kappa shape index (κ2) is 17.6. The fourth-order valence-corrected chi connectivity index (χ4v) is 9.86. The van der Waals surface area contributed by atoms with E-state index in [2.05, 4.69) is 26.1 Å². The SMILES string of the molecule is CO/N=C(\C(=O)N[C@@H]1C(=O)N2C(OC(=O)O)=C(COC(=O)NCCCC(O)(P(=O)(O)O)P(=O)(O)OC(C)(C)C)CS[C@@H]12)c1csc(NC(=O)OC(C)(C)C)n1. The zero-order chi connectivity index (χ0) is 41.7. The van der Waals surface area contributed by atoms with Crippen molar-refractivity contribution in [2.45, 2.75) is 82.1 Å². The van der Waals surface area contributed by atoms with Gasteiger partial charge >= 0.3 is 33.5 Å². The molecule has 3 heterocycles. The number of hydrogen-bond acceptors (Lipinski definition) is 17. The number of thioether (sulfide) groups is 1. The first-order valence-corrected chi connectivity index (χ1v) is 21.0. The molecule has 0 aliphatic carbocycles. The number of amides is 4. The molecule has 0 aromatic carbocycles. The van der Waals surface area contributed by atoms with Crippen molar-refractivity contribution in [1.29, 1.82) is 0 Å². The van der Waals surface area contributed by atoms with Crippen LogP contribution in [0.25, 0.3) is 0 Å². The number of nitrogens with one attached hydrogen (secondary N) is 3. The quantitative estimate of drug-likeness (QED) is 0.0239. The minimum Gasteiger partial charge on any atom is -0.449 e. The largest absolute Gasteiger partial charge is 0.512 e. The number of nitrogens with zero attached hydrogens (tertiary/aromatic N) is 3. The number of aliphatic hydroxyl groups is 1. The molecule has 0 bridgehead atoms. The summed E-state index contributed by atoms with van der Waals surface area (Å²) in [6.07, 6.45) is -5.11. The van der Waals surface area contributed by atoms with Gasteiger partial charge < -0.3 is 59.1 Å². The van der Waals surface area contributed by atoms with Crippen molar-refractivity contribution in [2.75, 3.05) is 31.3 Å². The fraction of sp³-hybridized carbons (Fsp3) is 0.607. The summed E-state index contributed by atoms with van der Waals surface area (Å²) in [5.41, 5.74) is -2.46. The minimum absolute atomic E-state index is 0.0109. The van der Waals surface area contributed by atoms with Gasteiger partial charge in [-0.15, -0.1) is 23.1 Å². The van der Waals surface area contributed by atoms with Crippen molar-refractivity contribution in [3.8, 4) is 0 Å². The van der Waals surface area contributed by atoms with Crippen LogP contribution in [0.5, 0.6) is 0 Å². The Kier molecular flexibility index (Phi) is 14.6. The van der Waals surface area contributed by atoms with Gasteiger partial charge in [-0.1, -0.05) is 5.16 Å². The van der Waals surface area contributed by atoms with Gasteiger partial charge in [0.25, 0.3) is 16.9 Å². The zero-order valence-electron chi connectivity index (χ0n) is 30.5. The Hall–Kier alpha value is -3.80. The van der Waals surface area contributed by atoms with E-state index in [1.165, 1.54) is 33.3 Å². The molecule has 8 N–H and O–H groups in total. The third-order valence-corrected chi connectivity index (χ3v) is 13.6. The molecule has 4 amide bonds. The Morgan fingerprint density at radius 1 is 1.07 bits per heavy atom. The number of alkyl carbamates (subject to hydrolysis) is 1. The summed E-state index contributed by atoms with van der Waals surface area (Å²) in [7, 11) is -9.81. The molecular weight excluding hydrogens is 818 g/mol. The van der Waals surface area contributed by atoms with Crippen LogP contribution >= 0.6 is 38.3 Å². The number of thiazole rings is 1. The number of β-lactam (4-membered cyclic amide) rings is 1. The number of fused-ring (bicyclic) bond motifs is 1. The molecule has 1 saturated heterocycles. The summed E-state index contributed by atoms with van der Waals surface area (Å²) < 4.78 is 44.7. The van der Waals surface area contributed by atoms with Gasteiger partial charge in [-0.3, -0.25) is 28.9 Å². The highest BCUT2D eigenvalue weighted by Gasteiger charge is 2.61. The van der Waals surface area contributed by atoms with Crippen LogP contribution in [0.2, 0.25) is 0 Å². The summed E-state index contributed by atoms with van der Waals surface area (Å²) >= 11 is 2.02. The van der Waals surface area contributed by atoms with Gasteiger partial charge in [0.15, 0.2) is 10.8 Å². The van der Waals surface area contributed by atoms with Gasteiger partial charge in [0, 0.05) is 29.7 Å². The monoisotopic (exact) mass is 860 g/mol. The van der Waals surface area contributed by atoms with Gasteiger partial charge in [-0.2, -0.15) is 0 Å². The van der Waals surface area contributed by atoms with E-state index in [4.69, 9.17) is 23.6 Å². The summed E-state index contributed by atoms with van der Waals surface area (Å²) in [5.74, 6) is -2.20. The number of rotatable bonds is 15. The summed E-state index contributed by atoms with van der Waals surface area (Å²) in [4.78, 5) is 102. The molecule has 2 aliphatic rings. The molecule has 0 saturated carbocycles. The molecule has 3 rings (SSSR count). The molecule has 1 aromatic rings. The number of ether oxygens (including phenoxy) is 3. The number of oxime groups is 1. The van der Waals surface area contributed by atoms with Crippen molar-refractivity contribution in [1.82, 2.24) is 20.5 Å². The molecule has 1 aromatic heterocycles. The molecule has 0 radical (unpaired) electrons. The zero-order valence-corrected chi connectivity index (χ0v) is 33.9. The average Bonchev–Trinajstić information content (AvgIpc) is 3.47. The molecular formula is C28H42N6O17P2S2. The second-order valence-corrected chi connectivity index (χ2v) is 19.7. The first kappa shape index (κ1) is 45.6. The van der Waals surface area contributed by atoms with Crippen LogP contribution in [0, 0.1) is 0 Å². The number of anilines is 1. The molecule has 4 atom stereocenters. The standard InChI is InChI=1S/C28H42N6O17P2S2/c1-26(2,3)50-24(38)32-22-30-15(13-55-22)16(33-47-7)18(35)31-17-19(36)34-20(49-25(39)40)14(12-54-21(17)34)11-48-23(37)29-10-8-9-28(41,52(42,43)44)53(45,46)51-27(4,5)6/h13,17,21,41H,8-12H2,1-7H3,(H,29,37)(H,31,35)(H,39,40)(H,45,46)(H,30,32,38)(H2,42,43,44)/b33-16-/t17-,21+,28?/m1/s1. The van der Waals surface area contributed by atoms with Gasteiger partial charge in [0.2, 0.25) is 5.88 Å². The molecule has 2 unspecified atom stereocenters. The summed E-state index contributed by atoms with van der Waals surface area (Å²) in [5, 5.41) is 27.9. The van der Waals surface area contributed by atoms with E-state index in [-0.39, 0.29) is 27.9 Å². The van der Waals surface area contributed by atoms with Gasteiger partial charge in [-0.25, -0.2) is 19.4 Å². The van der Waals surface area contributed by atoms with Crippen LogP contribution in [0.1, 0.15) is 60.1 Å². The number of aromatic nitrogens is 1. The lowest BCUT2D eigenvalue weighted by atomic mass is 10.1. The van der Waals surface area contributed by atoms with Crippen LogP contribution in [0.4, 0.5) is 19.5 Å². The highest BCUT2D eigenvalue weighted by Crippen LogP contribution is 2.72. The van der Waals surface area contributed by atoms with E-state index in [9.17, 15) is 58.0 Å². The lowest BCUT2D eigenvalue weighted by molar-refractivity contribution is -0.148. The van der Waals surface area contributed by atoms with Crippen molar-refractivity contribution in [3.05, 3.63) is 22.5 Å². The molecule has 0 spiro atoms. The van der Waals surface area contributed by atoms with E-state index in [0.717, 1.165) is 28.0 Å². The lowest BCUT2D eigenvalue weighted by Crippen LogP contribution is -2.70. The number of carbonyl (C=O) groups is 5. The minimum atomic E-state index is -5.65. The fourth-order valence-electron chi connectivity index (χ4n) is 4.66. The van der Waals surface area contributed by atoms with Crippen molar-refractivity contribution in [2.24, 2.45) is 5.16 Å². The smallest absolute Gasteiger partial charge is 0.449 e. The van der Waals surface area contributed by atoms with E-state index in [1.54, 1.807) is 20.8 Å². The molecule has 2 aliphatic heterocycles. The van der Waals surface area contributed by atoms with Crippen LogP contribution < -0.4 is 16.0 Å². The first-order valence-electron chi connectivity index (χ1n) is 15.9. The van der Waals surface area contributed by atoms with Crippen LogP contribution in [0.15, 0.2) is 22.0 Å². The molecule has 308 valence electrons. The first-order chi connectivity index (χ1) is 25.2. The summed E-state index contributed by atoms with van der Waals surface area (Å²) in [6.45, 7) is 8.00. The Morgan fingerprint density at radius 3 is 2.29 bits per heavy atom. The Labute approximate surface area is 321 Å². The van der Waals surface area contributed by atoms with Crippen molar-refractivity contribution in [3.63, 3.8) is 0 Å². The molecule has 55 heavy (non-hydrogen) atoms. The maximum absolute atomic E-state index is 13.3. The number of hydrogen-bond donors (Lipinski definition) is 8. The van der Waals surface area contributed by atoms with Crippen LogP contribution in [-0.4, -0.2) is 124 Å². The lowest BCUT2D eigenvalue weighted by Gasteiger charge is -2.49. The number of carboxylic acid groups (broad SMARTS) is 1. The number of carbonyl (C=O) groups excluding carboxylic acids is 4. The van der Waals surface area contributed by atoms with E-state index in [0.29, 0.717) is 0 Å². The van der Waals surface area contributed by atoms with Crippen molar-refractivity contribution < 1.29 is 81.6 Å². The Balaban J connectivity index is 1.63. The third-order valence-electron chi connectivity index (χ3n) is 6.87. The normalized spacial score (nSPS) is 19.9. The van der Waals surface area contributed by atoms with Crippen molar-refractivity contribution >= 4 is 79.3 Å². The predicted octanol–water partition coefficient (Wildman–Crippen LogP) is 2.48. The highest BCUT2D eigenvalue weighted by atomic mass is 32.2. The van der Waals surface area contributed by atoms with E-state index in [1.807, 2.05) is 0 Å². The van der Waals surface area contributed by atoms with Gasteiger partial charge in [0.05, 0.1) is 5.60 Å². The van der Waals surface area contributed by atoms with E-state index >= 15 is 0 Å². The molecule has 23 nitrogen and oxygen atoms in total. The third kappa shape index (κ3) is 11.9. The second-order valence-electron chi connectivity index (χ2n) is 13.6.